The highest BCUT2D eigenvalue weighted by Gasteiger charge is 2.17. The van der Waals surface area contributed by atoms with Gasteiger partial charge in [-0.2, -0.15) is 0 Å². The van der Waals surface area contributed by atoms with E-state index in [1.807, 2.05) is 6.07 Å². The van der Waals surface area contributed by atoms with E-state index in [0.29, 0.717) is 5.89 Å². The van der Waals surface area contributed by atoms with Gasteiger partial charge in [-0.3, -0.25) is 0 Å². The first-order chi connectivity index (χ1) is 26.7. The summed E-state index contributed by atoms with van der Waals surface area (Å²) in [4.78, 5) is 7.22. The molecule has 0 spiro atoms. The summed E-state index contributed by atoms with van der Waals surface area (Å²) in [5, 5.41) is 4.85. The van der Waals surface area contributed by atoms with E-state index in [0.717, 1.165) is 50.2 Å². The van der Waals surface area contributed by atoms with E-state index < -0.39 is 0 Å². The van der Waals surface area contributed by atoms with Gasteiger partial charge in [0, 0.05) is 28.2 Å². The maximum Gasteiger partial charge on any atom is 0.227 e. The van der Waals surface area contributed by atoms with Crippen molar-refractivity contribution in [1.29, 1.82) is 0 Å². The van der Waals surface area contributed by atoms with Gasteiger partial charge < -0.3 is 9.32 Å². The summed E-state index contributed by atoms with van der Waals surface area (Å²) in [6.45, 7) is 0. The summed E-state index contributed by atoms with van der Waals surface area (Å²) < 4.78 is 6.51. The molecule has 10 aromatic rings. The van der Waals surface area contributed by atoms with E-state index in [1.54, 1.807) is 0 Å². The van der Waals surface area contributed by atoms with E-state index >= 15 is 0 Å². The summed E-state index contributed by atoms with van der Waals surface area (Å²) in [5.41, 5.74) is 12.7. The molecule has 0 aliphatic rings. The molecule has 0 saturated heterocycles. The van der Waals surface area contributed by atoms with Gasteiger partial charge in [0.2, 0.25) is 5.89 Å². The highest BCUT2D eigenvalue weighted by Crippen LogP contribution is 2.40. The quantitative estimate of drug-likeness (QED) is 0.167. The molecule has 0 atom stereocenters. The number of anilines is 3. The third-order valence-electron chi connectivity index (χ3n) is 10.3. The summed E-state index contributed by atoms with van der Waals surface area (Å²) in [6, 6.07) is 72.9. The van der Waals surface area contributed by atoms with E-state index in [9.17, 15) is 0 Å². The van der Waals surface area contributed by atoms with Crippen LogP contribution in [0.15, 0.2) is 211 Å². The fraction of sp³-hybridized carbons (Fsp3) is 0. The SMILES string of the molecule is c1ccc(-c2ccc(N(c3ccc(-c4cccc5ccccc45)cc3)c3ccc(-c4cccc5nc(-c6ccc7ccccc7c6)oc45)cc3)cc2)cc1. The Morgan fingerprint density at radius 2 is 0.870 bits per heavy atom. The van der Waals surface area contributed by atoms with Crippen LogP contribution in [0, 0.1) is 0 Å². The van der Waals surface area contributed by atoms with E-state index in [4.69, 9.17) is 9.40 Å². The Morgan fingerprint density at radius 1 is 0.352 bits per heavy atom. The molecular formula is C51H34N2O. The molecule has 0 radical (unpaired) electrons. The molecule has 1 aromatic heterocycles. The number of aromatic nitrogens is 1. The first kappa shape index (κ1) is 31.5. The molecule has 0 saturated carbocycles. The van der Waals surface area contributed by atoms with Crippen molar-refractivity contribution in [2.24, 2.45) is 0 Å². The average molecular weight is 691 g/mol. The number of benzene rings is 9. The predicted molar refractivity (Wildman–Crippen MR) is 225 cm³/mol. The maximum atomic E-state index is 6.51. The zero-order chi connectivity index (χ0) is 35.8. The van der Waals surface area contributed by atoms with Crippen LogP contribution in [0.4, 0.5) is 17.1 Å². The van der Waals surface area contributed by atoms with Crippen molar-refractivity contribution in [1.82, 2.24) is 4.98 Å². The zero-order valence-corrected chi connectivity index (χ0v) is 29.4. The number of nitrogens with zero attached hydrogens (tertiary/aromatic N) is 2. The molecule has 0 aliphatic carbocycles. The lowest BCUT2D eigenvalue weighted by Gasteiger charge is -2.26. The van der Waals surface area contributed by atoms with Gasteiger partial charge >= 0.3 is 0 Å². The molecule has 0 unspecified atom stereocenters. The Morgan fingerprint density at radius 3 is 1.59 bits per heavy atom. The van der Waals surface area contributed by atoms with Crippen LogP contribution in [0.5, 0.6) is 0 Å². The molecule has 3 nitrogen and oxygen atoms in total. The van der Waals surface area contributed by atoms with Crippen molar-refractivity contribution in [3.05, 3.63) is 206 Å². The Labute approximate surface area is 314 Å². The van der Waals surface area contributed by atoms with E-state index in [2.05, 4.69) is 205 Å². The fourth-order valence-corrected chi connectivity index (χ4v) is 7.56. The number of hydrogen-bond acceptors (Lipinski definition) is 3. The van der Waals surface area contributed by atoms with E-state index in [1.165, 1.54) is 38.4 Å². The Bertz CT molecular complexity index is 2900. The predicted octanol–water partition coefficient (Wildman–Crippen LogP) is 14.3. The molecule has 0 bridgehead atoms. The minimum atomic E-state index is 0.622. The van der Waals surface area contributed by atoms with Crippen molar-refractivity contribution in [3.8, 4) is 44.8 Å². The van der Waals surface area contributed by atoms with Gasteiger partial charge in [0.05, 0.1) is 0 Å². The lowest BCUT2D eigenvalue weighted by Crippen LogP contribution is -2.09. The largest absolute Gasteiger partial charge is 0.435 e. The maximum absolute atomic E-state index is 6.51. The van der Waals surface area contributed by atoms with Crippen molar-refractivity contribution in [2.75, 3.05) is 4.90 Å². The van der Waals surface area contributed by atoms with Gasteiger partial charge in [-0.15, -0.1) is 0 Å². The van der Waals surface area contributed by atoms with E-state index in [-0.39, 0.29) is 0 Å². The second-order valence-electron chi connectivity index (χ2n) is 13.6. The van der Waals surface area contributed by atoms with Crippen LogP contribution in [-0.4, -0.2) is 4.98 Å². The number of rotatable bonds is 7. The minimum absolute atomic E-state index is 0.622. The fourth-order valence-electron chi connectivity index (χ4n) is 7.56. The standard InChI is InChI=1S/C51H34N2O/c1-2-10-35(11-3-1)37-22-28-43(29-23-37)53(44-30-24-39(25-31-44)47-17-8-15-38-13-6-7-16-46(38)47)45-32-26-40(27-33-45)48-18-9-19-49-50(48)54-51(52-49)42-21-20-36-12-4-5-14-41(36)34-42/h1-34H. The topological polar surface area (TPSA) is 29.3 Å². The third kappa shape index (κ3) is 5.78. The van der Waals surface area contributed by atoms with Gasteiger partial charge in [-0.25, -0.2) is 4.98 Å². The van der Waals surface area contributed by atoms with Crippen LogP contribution in [-0.2, 0) is 0 Å². The Balaban J connectivity index is 1.02. The second-order valence-corrected chi connectivity index (χ2v) is 13.6. The lowest BCUT2D eigenvalue weighted by atomic mass is 9.98. The molecule has 10 rings (SSSR count). The van der Waals surface area contributed by atoms with Crippen molar-refractivity contribution < 1.29 is 4.42 Å². The number of oxazole rings is 1. The van der Waals surface area contributed by atoms with Gasteiger partial charge in [0.25, 0.3) is 0 Å². The lowest BCUT2D eigenvalue weighted by molar-refractivity contribution is 0.621. The first-order valence-electron chi connectivity index (χ1n) is 18.3. The van der Waals surface area contributed by atoms with Gasteiger partial charge in [-0.05, 0) is 104 Å². The van der Waals surface area contributed by atoms with Crippen LogP contribution in [0.3, 0.4) is 0 Å². The summed E-state index contributed by atoms with van der Waals surface area (Å²) in [6.07, 6.45) is 0. The first-order valence-corrected chi connectivity index (χ1v) is 18.3. The monoisotopic (exact) mass is 690 g/mol. The third-order valence-corrected chi connectivity index (χ3v) is 10.3. The van der Waals surface area contributed by atoms with Crippen LogP contribution in [0.25, 0.3) is 77.5 Å². The summed E-state index contributed by atoms with van der Waals surface area (Å²) in [7, 11) is 0. The number of para-hydroxylation sites is 1. The van der Waals surface area contributed by atoms with Crippen molar-refractivity contribution >= 4 is 49.7 Å². The molecule has 0 N–H and O–H groups in total. The molecule has 1 heterocycles. The van der Waals surface area contributed by atoms with Crippen molar-refractivity contribution in [3.63, 3.8) is 0 Å². The smallest absolute Gasteiger partial charge is 0.227 e. The highest BCUT2D eigenvalue weighted by molar-refractivity contribution is 5.97. The van der Waals surface area contributed by atoms with Crippen molar-refractivity contribution in [2.45, 2.75) is 0 Å². The normalized spacial score (nSPS) is 11.3. The molecule has 254 valence electrons. The van der Waals surface area contributed by atoms with Crippen LogP contribution >= 0.6 is 0 Å². The molecule has 0 fully saturated rings. The molecule has 0 amide bonds. The van der Waals surface area contributed by atoms with Gasteiger partial charge in [0.15, 0.2) is 5.58 Å². The molecule has 54 heavy (non-hydrogen) atoms. The summed E-state index contributed by atoms with van der Waals surface area (Å²) in [5.74, 6) is 0.622. The zero-order valence-electron chi connectivity index (χ0n) is 29.4. The van der Waals surface area contributed by atoms with Gasteiger partial charge in [-0.1, -0.05) is 152 Å². The number of hydrogen-bond donors (Lipinski definition) is 0. The molecule has 3 heteroatoms. The van der Waals surface area contributed by atoms with Crippen LogP contribution < -0.4 is 4.90 Å². The van der Waals surface area contributed by atoms with Crippen LogP contribution in [0.2, 0.25) is 0 Å². The summed E-state index contributed by atoms with van der Waals surface area (Å²) >= 11 is 0. The molecule has 9 aromatic carbocycles. The highest BCUT2D eigenvalue weighted by atomic mass is 16.3. The van der Waals surface area contributed by atoms with Gasteiger partial charge in [0.1, 0.15) is 5.52 Å². The molecule has 0 aliphatic heterocycles. The Kier molecular flexibility index (Phi) is 7.81. The Hall–Kier alpha value is -7.23. The molecular weight excluding hydrogens is 657 g/mol. The average Bonchev–Trinajstić information content (AvgIpc) is 3.70. The minimum Gasteiger partial charge on any atom is -0.435 e. The van der Waals surface area contributed by atoms with Crippen LogP contribution in [0.1, 0.15) is 0 Å². The second kappa shape index (κ2) is 13.4. The number of fused-ring (bicyclic) bond motifs is 3.